The number of hydrogen-bond donors (Lipinski definition) is 2. The van der Waals surface area contributed by atoms with Gasteiger partial charge in [-0.3, -0.25) is 24.3 Å². The SMILES string of the molecule is CC(=O)C1=C(C)NC(=O)N(N(C=O)CCCN2CCN(c3ccccc3NC=O)CC2)C1c1cc(F)c(F)c(F)c1.Cl.Cl. The van der Waals surface area contributed by atoms with Gasteiger partial charge in [-0.1, -0.05) is 12.1 Å². The fourth-order valence-electron chi connectivity index (χ4n) is 5.31. The number of nitrogens with zero attached hydrogens (tertiary/aromatic N) is 4. The van der Waals surface area contributed by atoms with Gasteiger partial charge in [-0.2, -0.15) is 0 Å². The summed E-state index contributed by atoms with van der Waals surface area (Å²) in [5, 5.41) is 7.25. The second-order valence-electron chi connectivity index (χ2n) is 9.80. The number of hydrogen-bond acceptors (Lipinski definition) is 6. The minimum absolute atomic E-state index is 0. The zero-order valence-corrected chi connectivity index (χ0v) is 25.2. The summed E-state index contributed by atoms with van der Waals surface area (Å²) in [6, 6.07) is 6.83. The van der Waals surface area contributed by atoms with E-state index in [9.17, 15) is 32.3 Å². The Morgan fingerprint density at radius 2 is 1.70 bits per heavy atom. The number of urea groups is 1. The van der Waals surface area contributed by atoms with Crippen LogP contribution in [0.5, 0.6) is 0 Å². The van der Waals surface area contributed by atoms with Crippen LogP contribution in [0.2, 0.25) is 0 Å². The number of carbonyl (C=O) groups is 4. The molecular weight excluding hydrogens is 612 g/mol. The quantitative estimate of drug-likeness (QED) is 0.283. The first-order valence-corrected chi connectivity index (χ1v) is 13.1. The lowest BCUT2D eigenvalue weighted by molar-refractivity contribution is -0.134. The Bertz CT molecular complexity index is 1350. The summed E-state index contributed by atoms with van der Waals surface area (Å²) in [4.78, 5) is 53.1. The molecule has 1 unspecified atom stereocenters. The third-order valence-corrected chi connectivity index (χ3v) is 7.22. The lowest BCUT2D eigenvalue weighted by Crippen LogP contribution is -2.56. The van der Waals surface area contributed by atoms with E-state index in [1.54, 1.807) is 0 Å². The molecule has 2 N–H and O–H groups in total. The van der Waals surface area contributed by atoms with Gasteiger partial charge < -0.3 is 15.5 Å². The number of rotatable bonds is 11. The number of ketones is 1. The number of para-hydroxylation sites is 2. The first kappa shape index (κ1) is 35.4. The van der Waals surface area contributed by atoms with Crippen LogP contribution in [-0.2, 0) is 14.4 Å². The first-order valence-electron chi connectivity index (χ1n) is 13.1. The predicted molar refractivity (Wildman–Crippen MR) is 159 cm³/mol. The Kier molecular flexibility index (Phi) is 12.8. The molecule has 2 aromatic rings. The van der Waals surface area contributed by atoms with Crippen molar-refractivity contribution in [3.63, 3.8) is 0 Å². The van der Waals surface area contributed by atoms with Crippen molar-refractivity contribution >= 4 is 60.8 Å². The maximum Gasteiger partial charge on any atom is 0.341 e. The van der Waals surface area contributed by atoms with Crippen molar-refractivity contribution in [3.8, 4) is 0 Å². The van der Waals surface area contributed by atoms with Gasteiger partial charge >= 0.3 is 6.03 Å². The zero-order valence-electron chi connectivity index (χ0n) is 23.5. The van der Waals surface area contributed by atoms with Crippen LogP contribution in [0.1, 0.15) is 31.9 Å². The summed E-state index contributed by atoms with van der Waals surface area (Å²) in [5.74, 6) is -5.13. The van der Waals surface area contributed by atoms with Crippen molar-refractivity contribution in [2.24, 2.45) is 0 Å². The molecule has 15 heteroatoms. The van der Waals surface area contributed by atoms with Gasteiger partial charge in [-0.05, 0) is 50.1 Å². The molecule has 2 aliphatic rings. The van der Waals surface area contributed by atoms with Crippen LogP contribution in [0.4, 0.5) is 29.3 Å². The second-order valence-corrected chi connectivity index (χ2v) is 9.80. The van der Waals surface area contributed by atoms with Crippen molar-refractivity contribution in [1.82, 2.24) is 20.2 Å². The molecular formula is C28H33Cl2F3N6O4. The fourth-order valence-corrected chi connectivity index (χ4v) is 5.31. The number of halogens is 5. The first-order chi connectivity index (χ1) is 19.7. The zero-order chi connectivity index (χ0) is 29.7. The number of amides is 4. The molecule has 2 aliphatic heterocycles. The van der Waals surface area contributed by atoms with E-state index in [-0.39, 0.29) is 48.2 Å². The van der Waals surface area contributed by atoms with Crippen molar-refractivity contribution in [1.29, 1.82) is 0 Å². The number of benzene rings is 2. The van der Waals surface area contributed by atoms with Crippen molar-refractivity contribution < 1.29 is 32.3 Å². The topological polar surface area (TPSA) is 105 Å². The second kappa shape index (κ2) is 15.6. The molecule has 0 radical (unpaired) electrons. The van der Waals surface area contributed by atoms with E-state index in [4.69, 9.17) is 0 Å². The number of piperazine rings is 1. The predicted octanol–water partition coefficient (Wildman–Crippen LogP) is 4.03. The van der Waals surface area contributed by atoms with Crippen molar-refractivity contribution in [2.75, 3.05) is 49.5 Å². The molecule has 0 bridgehead atoms. The van der Waals surface area contributed by atoms with Gasteiger partial charge in [0.25, 0.3) is 0 Å². The van der Waals surface area contributed by atoms with Gasteiger partial charge in [0.15, 0.2) is 23.2 Å². The molecule has 0 aliphatic carbocycles. The summed E-state index contributed by atoms with van der Waals surface area (Å²) in [6.45, 7) is 6.20. The number of nitrogens with one attached hydrogen (secondary N) is 2. The van der Waals surface area contributed by atoms with E-state index < -0.39 is 35.3 Å². The molecule has 1 atom stereocenters. The highest BCUT2D eigenvalue weighted by Crippen LogP contribution is 2.36. The van der Waals surface area contributed by atoms with Gasteiger partial charge in [-0.15, -0.1) is 24.8 Å². The van der Waals surface area contributed by atoms with Crippen molar-refractivity contribution in [2.45, 2.75) is 26.3 Å². The maximum atomic E-state index is 14.2. The lowest BCUT2D eigenvalue weighted by atomic mass is 9.92. The van der Waals surface area contributed by atoms with E-state index >= 15 is 0 Å². The Balaban J connectivity index is 0.00000323. The Hall–Kier alpha value is -3.81. The standard InChI is InChI=1S/C28H31F3N6O4.2ClH/c1-18-25(19(2)40)27(20-14-21(29)26(31)22(30)15-20)37(28(41)33-18)36(17-39)9-5-8-34-10-12-35(13-11-34)24-7-4-3-6-23(24)32-16-38;;/h3-4,6-7,14-17,27H,5,8-13H2,1-2H3,(H,32,38)(H,33,41);2*1H. The Morgan fingerprint density at radius 3 is 2.28 bits per heavy atom. The van der Waals surface area contributed by atoms with Crippen LogP contribution in [0.3, 0.4) is 0 Å². The van der Waals surface area contributed by atoms with E-state index in [0.29, 0.717) is 52.0 Å². The highest BCUT2D eigenvalue weighted by Gasteiger charge is 2.40. The minimum atomic E-state index is -1.68. The van der Waals surface area contributed by atoms with Gasteiger partial charge in [0.05, 0.1) is 11.4 Å². The third kappa shape index (κ3) is 7.78. The lowest BCUT2D eigenvalue weighted by Gasteiger charge is -2.42. The smallest absolute Gasteiger partial charge is 0.341 e. The molecule has 0 saturated carbocycles. The van der Waals surface area contributed by atoms with E-state index in [0.717, 1.165) is 33.5 Å². The highest BCUT2D eigenvalue weighted by molar-refractivity contribution is 5.98. The largest absolute Gasteiger partial charge is 0.367 e. The molecule has 234 valence electrons. The number of allylic oxidation sites excluding steroid dienone is 1. The molecule has 4 rings (SSSR count). The average Bonchev–Trinajstić information content (AvgIpc) is 2.94. The van der Waals surface area contributed by atoms with Crippen LogP contribution in [0.15, 0.2) is 47.7 Å². The third-order valence-electron chi connectivity index (χ3n) is 7.22. The molecule has 0 spiro atoms. The maximum absolute atomic E-state index is 14.2. The van der Waals surface area contributed by atoms with Crippen LogP contribution >= 0.6 is 24.8 Å². The van der Waals surface area contributed by atoms with Crippen molar-refractivity contribution in [3.05, 3.63) is 70.7 Å². The van der Waals surface area contributed by atoms with E-state index in [1.807, 2.05) is 24.3 Å². The summed E-state index contributed by atoms with van der Waals surface area (Å²) < 4.78 is 42.1. The van der Waals surface area contributed by atoms with Gasteiger partial charge in [-0.25, -0.2) is 23.0 Å². The number of anilines is 2. The van der Waals surface area contributed by atoms with Gasteiger partial charge in [0.2, 0.25) is 12.8 Å². The van der Waals surface area contributed by atoms with Gasteiger partial charge in [0, 0.05) is 50.5 Å². The Morgan fingerprint density at radius 1 is 1.07 bits per heavy atom. The number of Topliss-reactive ketones (excluding diaryl/α,β-unsaturated/α-hetero) is 1. The van der Waals surface area contributed by atoms with Crippen LogP contribution in [0.25, 0.3) is 0 Å². The van der Waals surface area contributed by atoms with Crippen LogP contribution in [0, 0.1) is 17.5 Å². The molecule has 4 amide bonds. The average molecular weight is 646 g/mol. The molecule has 2 heterocycles. The molecule has 0 aromatic heterocycles. The molecule has 43 heavy (non-hydrogen) atoms. The van der Waals surface area contributed by atoms with Crippen LogP contribution in [-0.4, -0.2) is 78.8 Å². The molecule has 1 fully saturated rings. The summed E-state index contributed by atoms with van der Waals surface area (Å²) in [7, 11) is 0. The summed E-state index contributed by atoms with van der Waals surface area (Å²) in [5.41, 5.74) is 1.65. The van der Waals surface area contributed by atoms with Crippen LogP contribution < -0.4 is 15.5 Å². The highest BCUT2D eigenvalue weighted by atomic mass is 35.5. The minimum Gasteiger partial charge on any atom is -0.367 e. The summed E-state index contributed by atoms with van der Waals surface area (Å²) >= 11 is 0. The number of carbonyl (C=O) groups excluding carboxylic acids is 4. The van der Waals surface area contributed by atoms with Gasteiger partial charge in [0.1, 0.15) is 6.04 Å². The molecule has 10 nitrogen and oxygen atoms in total. The normalized spacial score (nSPS) is 17.0. The van der Waals surface area contributed by atoms with E-state index in [2.05, 4.69) is 20.4 Å². The fraction of sp³-hybridized carbons (Fsp3) is 0.357. The molecule has 1 saturated heterocycles. The van der Waals surface area contributed by atoms with E-state index in [1.165, 1.54) is 13.8 Å². The Labute approximate surface area is 259 Å². The monoisotopic (exact) mass is 644 g/mol. The molecule has 2 aromatic carbocycles. The summed E-state index contributed by atoms with van der Waals surface area (Å²) in [6.07, 6.45) is 1.50. The number of hydrazine groups is 1.